The molecular weight excluding hydrogens is 374 g/mol. The number of likely N-dealkylation sites (tertiary alicyclic amines) is 1. The Morgan fingerprint density at radius 3 is 2.15 bits per heavy atom. The molecule has 2 aromatic carbocycles. The van der Waals surface area contributed by atoms with Crippen molar-refractivity contribution in [2.45, 2.75) is 30.6 Å². The van der Waals surface area contributed by atoms with Gasteiger partial charge in [-0.15, -0.1) is 0 Å². The van der Waals surface area contributed by atoms with Crippen molar-refractivity contribution in [3.05, 3.63) is 59.7 Å². The quantitative estimate of drug-likeness (QED) is 0.858. The first kappa shape index (κ1) is 19.3. The van der Waals surface area contributed by atoms with Crippen molar-refractivity contribution in [1.82, 2.24) is 4.90 Å². The van der Waals surface area contributed by atoms with Gasteiger partial charge in [-0.05, 0) is 43.2 Å². The molecule has 0 atom stereocenters. The summed E-state index contributed by atoms with van der Waals surface area (Å²) in [5.74, 6) is -2.28. The van der Waals surface area contributed by atoms with Gasteiger partial charge in [0.1, 0.15) is 17.3 Å². The zero-order valence-corrected chi connectivity index (χ0v) is 15.4. The lowest BCUT2D eigenvalue weighted by Gasteiger charge is -2.20. The fourth-order valence-corrected chi connectivity index (χ4v) is 4.16. The summed E-state index contributed by atoms with van der Waals surface area (Å²) in [4.78, 5) is 14.2. The molecule has 0 bridgehead atoms. The molecule has 8 heteroatoms. The lowest BCUT2D eigenvalue weighted by atomic mass is 10.2. The number of halogens is 2. The van der Waals surface area contributed by atoms with Crippen LogP contribution in [-0.4, -0.2) is 32.3 Å². The number of sulfonamides is 1. The van der Waals surface area contributed by atoms with E-state index in [0.717, 1.165) is 43.9 Å². The monoisotopic (exact) mass is 394 g/mol. The summed E-state index contributed by atoms with van der Waals surface area (Å²) in [5.41, 5.74) is -0.518. The molecule has 1 aliphatic heterocycles. The van der Waals surface area contributed by atoms with Crippen molar-refractivity contribution in [3.63, 3.8) is 0 Å². The highest BCUT2D eigenvalue weighted by Crippen LogP contribution is 2.23. The number of amides is 1. The molecule has 1 aliphatic rings. The van der Waals surface area contributed by atoms with Gasteiger partial charge in [0.25, 0.3) is 15.9 Å². The highest BCUT2D eigenvalue weighted by molar-refractivity contribution is 7.92. The molecule has 0 spiro atoms. The Bertz CT molecular complexity index is 919. The Morgan fingerprint density at radius 1 is 0.926 bits per heavy atom. The summed E-state index contributed by atoms with van der Waals surface area (Å²) < 4.78 is 54.5. The number of benzene rings is 2. The molecule has 144 valence electrons. The van der Waals surface area contributed by atoms with Gasteiger partial charge in [0.2, 0.25) is 0 Å². The van der Waals surface area contributed by atoms with E-state index in [1.54, 1.807) is 4.90 Å². The van der Waals surface area contributed by atoms with Crippen LogP contribution in [0.1, 0.15) is 36.0 Å². The van der Waals surface area contributed by atoms with E-state index >= 15 is 0 Å². The van der Waals surface area contributed by atoms with Crippen LogP contribution >= 0.6 is 0 Å². The molecule has 0 saturated carbocycles. The molecule has 5 nitrogen and oxygen atoms in total. The number of nitrogens with one attached hydrogen (secondary N) is 1. The zero-order chi connectivity index (χ0) is 19.4. The van der Waals surface area contributed by atoms with E-state index in [4.69, 9.17) is 0 Å². The summed E-state index contributed by atoms with van der Waals surface area (Å²) in [6.45, 7) is 1.27. The van der Waals surface area contributed by atoms with Crippen molar-refractivity contribution in [2.24, 2.45) is 0 Å². The predicted octanol–water partition coefficient (Wildman–Crippen LogP) is 3.78. The number of nitrogens with zero attached hydrogens (tertiary/aromatic N) is 1. The van der Waals surface area contributed by atoms with Gasteiger partial charge < -0.3 is 4.90 Å². The van der Waals surface area contributed by atoms with Crippen LogP contribution in [0.3, 0.4) is 0 Å². The average Bonchev–Trinajstić information content (AvgIpc) is 2.94. The Hall–Kier alpha value is -2.48. The molecule has 2 aromatic rings. The summed E-state index contributed by atoms with van der Waals surface area (Å²) >= 11 is 0. The van der Waals surface area contributed by atoms with Gasteiger partial charge in [-0.3, -0.25) is 9.52 Å². The molecular formula is C19H20F2N2O3S. The lowest BCUT2D eigenvalue weighted by molar-refractivity contribution is 0.0761. The van der Waals surface area contributed by atoms with Crippen molar-refractivity contribution in [1.29, 1.82) is 0 Å². The van der Waals surface area contributed by atoms with Crippen molar-refractivity contribution in [3.8, 4) is 0 Å². The molecule has 0 aromatic heterocycles. The average molecular weight is 394 g/mol. The first-order valence-corrected chi connectivity index (χ1v) is 10.2. The Morgan fingerprint density at radius 2 is 1.52 bits per heavy atom. The minimum absolute atomic E-state index is 0.230. The third-order valence-electron chi connectivity index (χ3n) is 4.48. The second-order valence-electron chi connectivity index (χ2n) is 6.44. The van der Waals surface area contributed by atoms with Gasteiger partial charge in [0.05, 0.1) is 4.90 Å². The lowest BCUT2D eigenvalue weighted by Crippen LogP contribution is -2.32. The third kappa shape index (κ3) is 4.44. The highest BCUT2D eigenvalue weighted by Gasteiger charge is 2.22. The number of anilines is 1. The van der Waals surface area contributed by atoms with Crippen LogP contribution in [0.4, 0.5) is 14.5 Å². The minimum atomic E-state index is -4.25. The predicted molar refractivity (Wildman–Crippen MR) is 98.0 cm³/mol. The van der Waals surface area contributed by atoms with Crippen LogP contribution in [-0.2, 0) is 10.0 Å². The van der Waals surface area contributed by atoms with E-state index in [2.05, 4.69) is 0 Å². The van der Waals surface area contributed by atoms with Crippen molar-refractivity contribution >= 4 is 21.6 Å². The zero-order valence-electron chi connectivity index (χ0n) is 14.6. The summed E-state index contributed by atoms with van der Waals surface area (Å²) in [6, 6.07) is 8.55. The van der Waals surface area contributed by atoms with Crippen molar-refractivity contribution in [2.75, 3.05) is 17.8 Å². The molecule has 1 saturated heterocycles. The van der Waals surface area contributed by atoms with E-state index in [-0.39, 0.29) is 16.4 Å². The molecule has 1 N–H and O–H groups in total. The summed E-state index contributed by atoms with van der Waals surface area (Å²) in [7, 11) is -4.25. The second-order valence-corrected chi connectivity index (χ2v) is 8.12. The first-order valence-electron chi connectivity index (χ1n) is 8.75. The minimum Gasteiger partial charge on any atom is -0.339 e. The molecule has 0 aliphatic carbocycles. The van der Waals surface area contributed by atoms with Gasteiger partial charge in [-0.2, -0.15) is 0 Å². The van der Waals surface area contributed by atoms with Gasteiger partial charge in [-0.1, -0.05) is 25.0 Å². The van der Waals surface area contributed by atoms with Crippen LogP contribution in [0.25, 0.3) is 0 Å². The van der Waals surface area contributed by atoms with Crippen LogP contribution in [0.2, 0.25) is 0 Å². The fraction of sp³-hybridized carbons (Fsp3) is 0.316. The first-order chi connectivity index (χ1) is 12.9. The van der Waals surface area contributed by atoms with E-state index in [0.29, 0.717) is 13.1 Å². The van der Waals surface area contributed by atoms with E-state index < -0.39 is 27.3 Å². The maximum Gasteiger partial charge on any atom is 0.262 e. The molecule has 1 amide bonds. The van der Waals surface area contributed by atoms with E-state index in [1.807, 2.05) is 4.72 Å². The third-order valence-corrected chi connectivity index (χ3v) is 5.83. The Kier molecular flexibility index (Phi) is 5.74. The second kappa shape index (κ2) is 8.04. The topological polar surface area (TPSA) is 66.5 Å². The SMILES string of the molecule is O=C(c1cccc(S(=O)(=O)Nc2c(F)cccc2F)c1)N1CCCCCC1. The van der Waals surface area contributed by atoms with E-state index in [9.17, 15) is 22.0 Å². The van der Waals surface area contributed by atoms with Gasteiger partial charge in [0.15, 0.2) is 0 Å². The van der Waals surface area contributed by atoms with Gasteiger partial charge >= 0.3 is 0 Å². The maximum atomic E-state index is 13.8. The van der Waals surface area contributed by atoms with Crippen molar-refractivity contribution < 1.29 is 22.0 Å². The number of hydrogen-bond donors (Lipinski definition) is 1. The Labute approximate surface area is 157 Å². The maximum absolute atomic E-state index is 13.8. The number of carbonyl (C=O) groups excluding carboxylic acids is 1. The standard InChI is InChI=1S/C19H20F2N2O3S/c20-16-9-6-10-17(21)18(16)22-27(25,26)15-8-5-7-14(13-15)19(24)23-11-3-1-2-4-12-23/h5-10,13,22H,1-4,11-12H2. The normalized spacial score (nSPS) is 15.3. The van der Waals surface area contributed by atoms with Crippen LogP contribution in [0, 0.1) is 11.6 Å². The Balaban J connectivity index is 1.86. The number of hydrogen-bond acceptors (Lipinski definition) is 3. The smallest absolute Gasteiger partial charge is 0.262 e. The largest absolute Gasteiger partial charge is 0.339 e. The van der Waals surface area contributed by atoms with Crippen LogP contribution in [0.15, 0.2) is 47.4 Å². The molecule has 0 unspecified atom stereocenters. The molecule has 1 fully saturated rings. The van der Waals surface area contributed by atoms with E-state index in [1.165, 1.54) is 24.3 Å². The van der Waals surface area contributed by atoms with Gasteiger partial charge in [0, 0.05) is 18.7 Å². The summed E-state index contributed by atoms with van der Waals surface area (Å²) in [6.07, 6.45) is 3.96. The molecule has 27 heavy (non-hydrogen) atoms. The molecule has 0 radical (unpaired) electrons. The fourth-order valence-electron chi connectivity index (χ4n) is 3.04. The number of rotatable bonds is 4. The molecule has 3 rings (SSSR count). The summed E-state index contributed by atoms with van der Waals surface area (Å²) in [5, 5.41) is 0. The number of carbonyl (C=O) groups is 1. The van der Waals surface area contributed by atoms with Crippen LogP contribution in [0.5, 0.6) is 0 Å². The highest BCUT2D eigenvalue weighted by atomic mass is 32.2. The van der Waals surface area contributed by atoms with Gasteiger partial charge in [-0.25, -0.2) is 17.2 Å². The number of para-hydroxylation sites is 1. The van der Waals surface area contributed by atoms with Crippen LogP contribution < -0.4 is 4.72 Å². The molecule has 1 heterocycles.